The molecule has 1 unspecified atom stereocenters. The van der Waals surface area contributed by atoms with Crippen molar-refractivity contribution < 1.29 is 14.6 Å². The van der Waals surface area contributed by atoms with Gasteiger partial charge in [-0.2, -0.15) is 0 Å². The van der Waals surface area contributed by atoms with Gasteiger partial charge in [0.1, 0.15) is 5.75 Å². The quantitative estimate of drug-likeness (QED) is 0.725. The summed E-state index contributed by atoms with van der Waals surface area (Å²) < 4.78 is 5.34. The smallest absolute Gasteiger partial charge is 0.244 e. The average Bonchev–Trinajstić information content (AvgIpc) is 2.65. The summed E-state index contributed by atoms with van der Waals surface area (Å²) in [4.78, 5) is 12.3. The van der Waals surface area contributed by atoms with Crippen LogP contribution in [0.3, 0.4) is 0 Å². The second kappa shape index (κ2) is 9.64. The maximum Gasteiger partial charge on any atom is 0.244 e. The molecule has 25 heavy (non-hydrogen) atoms. The summed E-state index contributed by atoms with van der Waals surface area (Å²) >= 11 is 0. The van der Waals surface area contributed by atoms with Gasteiger partial charge in [0.05, 0.1) is 7.11 Å². The van der Waals surface area contributed by atoms with E-state index in [1.165, 1.54) is 0 Å². The van der Waals surface area contributed by atoms with Crippen LogP contribution in [0.25, 0.3) is 5.57 Å². The minimum absolute atomic E-state index is 0.0888. The van der Waals surface area contributed by atoms with Crippen molar-refractivity contribution in [2.75, 3.05) is 20.3 Å². The van der Waals surface area contributed by atoms with Crippen LogP contribution in [0.1, 0.15) is 30.4 Å². The Balaban J connectivity index is 2.03. The highest BCUT2D eigenvalue weighted by Crippen LogP contribution is 2.25. The maximum atomic E-state index is 12.3. The number of hydrogen-bond donors (Lipinski definition) is 2. The van der Waals surface area contributed by atoms with Gasteiger partial charge in [0.2, 0.25) is 5.91 Å². The molecule has 0 saturated heterocycles. The van der Waals surface area contributed by atoms with E-state index in [0.29, 0.717) is 13.0 Å². The number of rotatable bonds is 8. The van der Waals surface area contributed by atoms with Crippen LogP contribution >= 0.6 is 0 Å². The summed E-state index contributed by atoms with van der Waals surface area (Å²) in [5.74, 6) is 0.684. The fourth-order valence-corrected chi connectivity index (χ4v) is 2.79. The number of benzene rings is 2. The Bertz CT molecular complexity index is 710. The fraction of sp³-hybridized carbons (Fsp3) is 0.286. The number of nitrogens with one attached hydrogen (secondary N) is 1. The van der Waals surface area contributed by atoms with Crippen molar-refractivity contribution in [1.82, 2.24) is 5.32 Å². The Hall–Kier alpha value is -2.59. The topological polar surface area (TPSA) is 58.6 Å². The van der Waals surface area contributed by atoms with Gasteiger partial charge in [0, 0.05) is 30.7 Å². The summed E-state index contributed by atoms with van der Waals surface area (Å²) in [5, 5.41) is 12.2. The van der Waals surface area contributed by atoms with Crippen LogP contribution in [0, 0.1) is 0 Å². The molecular weight excluding hydrogens is 314 g/mol. The first-order valence-electron chi connectivity index (χ1n) is 8.41. The monoisotopic (exact) mass is 339 g/mol. The van der Waals surface area contributed by atoms with Crippen LogP contribution in [0.4, 0.5) is 0 Å². The zero-order chi connectivity index (χ0) is 18.1. The first kappa shape index (κ1) is 18.7. The first-order valence-corrected chi connectivity index (χ1v) is 8.41. The second-order valence-corrected chi connectivity index (χ2v) is 5.89. The van der Waals surface area contributed by atoms with E-state index in [4.69, 9.17) is 4.74 Å². The SMILES string of the molecule is COc1ccccc1/C(C)=C/C(=O)NCC(CCO)c1ccccc1. The standard InChI is InChI=1S/C21H25NO3/c1-16(19-10-6-7-11-20(19)25-2)14-21(24)22-15-18(12-13-23)17-8-4-3-5-9-17/h3-11,14,18,23H,12-13,15H2,1-2H3,(H,22,24)/b16-14+. The van der Waals surface area contributed by atoms with Crippen LogP contribution < -0.4 is 10.1 Å². The van der Waals surface area contributed by atoms with Crippen molar-refractivity contribution in [3.8, 4) is 5.75 Å². The summed E-state index contributed by atoms with van der Waals surface area (Å²) in [6.45, 7) is 2.46. The average molecular weight is 339 g/mol. The van der Waals surface area contributed by atoms with Crippen LogP contribution in [0.2, 0.25) is 0 Å². The highest BCUT2D eigenvalue weighted by Gasteiger charge is 2.12. The van der Waals surface area contributed by atoms with Gasteiger partial charge < -0.3 is 15.2 Å². The molecule has 0 fully saturated rings. The molecule has 0 aliphatic heterocycles. The molecule has 0 heterocycles. The van der Waals surface area contributed by atoms with Gasteiger partial charge in [-0.3, -0.25) is 4.79 Å². The third-order valence-corrected chi connectivity index (χ3v) is 4.15. The number of methoxy groups -OCH3 is 1. The number of carbonyl (C=O) groups is 1. The molecule has 2 aromatic rings. The zero-order valence-corrected chi connectivity index (χ0v) is 14.7. The molecule has 0 aliphatic carbocycles. The Labute approximate surface area is 149 Å². The Morgan fingerprint density at radius 2 is 1.84 bits per heavy atom. The lowest BCUT2D eigenvalue weighted by molar-refractivity contribution is -0.116. The molecule has 2 N–H and O–H groups in total. The molecule has 132 valence electrons. The van der Waals surface area contributed by atoms with Gasteiger partial charge in [0.25, 0.3) is 0 Å². The van der Waals surface area contributed by atoms with Gasteiger partial charge in [-0.05, 0) is 30.5 Å². The predicted octanol–water partition coefficient (Wildman–Crippen LogP) is 3.38. The van der Waals surface area contributed by atoms with Crippen LogP contribution in [-0.4, -0.2) is 31.3 Å². The minimum atomic E-state index is -0.151. The Kier molecular flexibility index (Phi) is 7.23. The number of aliphatic hydroxyl groups excluding tert-OH is 1. The van der Waals surface area contributed by atoms with Gasteiger partial charge in [0.15, 0.2) is 0 Å². The van der Waals surface area contributed by atoms with Gasteiger partial charge in [-0.25, -0.2) is 0 Å². The number of carbonyl (C=O) groups excluding carboxylic acids is 1. The van der Waals surface area contributed by atoms with E-state index < -0.39 is 0 Å². The van der Waals surface area contributed by atoms with Gasteiger partial charge >= 0.3 is 0 Å². The van der Waals surface area contributed by atoms with E-state index in [1.54, 1.807) is 13.2 Å². The van der Waals surface area contributed by atoms with Gasteiger partial charge in [-0.1, -0.05) is 48.5 Å². The van der Waals surface area contributed by atoms with E-state index in [-0.39, 0.29) is 18.4 Å². The molecule has 0 bridgehead atoms. The summed E-state index contributed by atoms with van der Waals surface area (Å²) in [7, 11) is 1.62. The van der Waals surface area contributed by atoms with E-state index in [1.807, 2.05) is 61.5 Å². The molecule has 0 spiro atoms. The van der Waals surface area contributed by atoms with Crippen LogP contribution in [0.5, 0.6) is 5.75 Å². The lowest BCUT2D eigenvalue weighted by Crippen LogP contribution is -2.27. The molecule has 1 atom stereocenters. The number of aliphatic hydroxyl groups is 1. The van der Waals surface area contributed by atoms with Crippen molar-refractivity contribution in [3.05, 3.63) is 71.8 Å². The highest BCUT2D eigenvalue weighted by molar-refractivity contribution is 5.95. The Morgan fingerprint density at radius 3 is 2.52 bits per heavy atom. The van der Waals surface area contributed by atoms with Crippen molar-refractivity contribution in [2.45, 2.75) is 19.3 Å². The normalized spacial score (nSPS) is 12.5. The van der Waals surface area contributed by atoms with Crippen molar-refractivity contribution >= 4 is 11.5 Å². The molecule has 1 amide bonds. The number of hydrogen-bond acceptors (Lipinski definition) is 3. The summed E-state index contributed by atoms with van der Waals surface area (Å²) in [6, 6.07) is 17.5. The summed E-state index contributed by atoms with van der Waals surface area (Å²) in [5.41, 5.74) is 2.85. The van der Waals surface area contributed by atoms with Gasteiger partial charge in [-0.15, -0.1) is 0 Å². The first-order chi connectivity index (χ1) is 12.2. The highest BCUT2D eigenvalue weighted by atomic mass is 16.5. The second-order valence-electron chi connectivity index (χ2n) is 5.89. The molecule has 4 nitrogen and oxygen atoms in total. The van der Waals surface area contributed by atoms with E-state index in [2.05, 4.69) is 5.32 Å². The van der Waals surface area contributed by atoms with E-state index in [0.717, 1.165) is 22.4 Å². The third kappa shape index (κ3) is 5.47. The zero-order valence-electron chi connectivity index (χ0n) is 14.7. The number of ether oxygens (including phenoxy) is 1. The molecule has 2 aromatic carbocycles. The molecular formula is C21H25NO3. The number of amides is 1. The van der Waals surface area contributed by atoms with E-state index >= 15 is 0 Å². The Morgan fingerprint density at radius 1 is 1.16 bits per heavy atom. The van der Waals surface area contributed by atoms with Crippen molar-refractivity contribution in [1.29, 1.82) is 0 Å². The number of allylic oxidation sites excluding steroid dienone is 1. The van der Waals surface area contributed by atoms with E-state index in [9.17, 15) is 9.90 Å². The molecule has 2 rings (SSSR count). The van der Waals surface area contributed by atoms with Crippen molar-refractivity contribution in [3.63, 3.8) is 0 Å². The molecule has 0 aromatic heterocycles. The molecule has 0 saturated carbocycles. The van der Waals surface area contributed by atoms with Crippen LogP contribution in [-0.2, 0) is 4.79 Å². The predicted molar refractivity (Wildman–Crippen MR) is 101 cm³/mol. The summed E-state index contributed by atoms with van der Waals surface area (Å²) in [6.07, 6.45) is 2.19. The largest absolute Gasteiger partial charge is 0.496 e. The maximum absolute atomic E-state index is 12.3. The molecule has 4 heteroatoms. The number of para-hydroxylation sites is 1. The lowest BCUT2D eigenvalue weighted by atomic mass is 9.96. The fourth-order valence-electron chi connectivity index (χ4n) is 2.79. The minimum Gasteiger partial charge on any atom is -0.496 e. The lowest BCUT2D eigenvalue weighted by Gasteiger charge is -2.16. The third-order valence-electron chi connectivity index (χ3n) is 4.15. The molecule has 0 radical (unpaired) electrons. The van der Waals surface area contributed by atoms with Crippen molar-refractivity contribution in [2.24, 2.45) is 0 Å². The molecule has 0 aliphatic rings. The van der Waals surface area contributed by atoms with Crippen LogP contribution in [0.15, 0.2) is 60.7 Å².